The van der Waals surface area contributed by atoms with Crippen LogP contribution in [0.15, 0.2) is 11.0 Å². The number of hydrogen-bond acceptors (Lipinski definition) is 7. The molecule has 0 atom stereocenters. The quantitative estimate of drug-likeness (QED) is 0.400. The largest absolute Gasteiger partial charge is 0.417 e. The second kappa shape index (κ2) is 8.02. The van der Waals surface area contributed by atoms with Crippen LogP contribution in [-0.2, 0) is 6.18 Å². The second-order valence-electron chi connectivity index (χ2n) is 4.85. The van der Waals surface area contributed by atoms with Gasteiger partial charge in [0.25, 0.3) is 5.69 Å². The highest BCUT2D eigenvalue weighted by atomic mass is 32.2. The number of nitro groups is 2. The van der Waals surface area contributed by atoms with Gasteiger partial charge in [-0.2, -0.15) is 18.4 Å². The number of alkyl halides is 3. The number of halogens is 3. The van der Waals surface area contributed by atoms with Gasteiger partial charge in [0.15, 0.2) is 5.69 Å². The molecule has 136 valence electrons. The Kier molecular flexibility index (Phi) is 6.57. The third-order valence-electron chi connectivity index (χ3n) is 3.11. The van der Waals surface area contributed by atoms with E-state index in [2.05, 4.69) is 0 Å². The Hall–Kier alpha value is -2.55. The fourth-order valence-corrected chi connectivity index (χ4v) is 3.07. The topological polar surface area (TPSA) is 113 Å². The van der Waals surface area contributed by atoms with Crippen LogP contribution in [0.1, 0.15) is 18.9 Å². The van der Waals surface area contributed by atoms with Crippen molar-refractivity contribution in [2.75, 3.05) is 24.2 Å². The predicted octanol–water partition coefficient (Wildman–Crippen LogP) is 3.98. The zero-order valence-corrected chi connectivity index (χ0v) is 14.0. The summed E-state index contributed by atoms with van der Waals surface area (Å²) in [6.07, 6.45) is -4.58. The van der Waals surface area contributed by atoms with Crippen LogP contribution in [0.5, 0.6) is 0 Å². The third kappa shape index (κ3) is 4.50. The molecule has 1 aromatic rings. The van der Waals surface area contributed by atoms with Crippen LogP contribution >= 0.6 is 11.8 Å². The number of benzene rings is 1. The van der Waals surface area contributed by atoms with E-state index < -0.39 is 49.3 Å². The molecular weight excluding hydrogens is 365 g/mol. The molecule has 0 saturated heterocycles. The molecule has 0 aromatic heterocycles. The molecule has 0 saturated carbocycles. The van der Waals surface area contributed by atoms with Crippen LogP contribution in [-0.4, -0.2) is 29.2 Å². The smallest absolute Gasteiger partial charge is 0.363 e. The van der Waals surface area contributed by atoms with Crippen molar-refractivity contribution in [3.63, 3.8) is 0 Å². The van der Waals surface area contributed by atoms with E-state index in [1.54, 1.807) is 13.0 Å². The lowest BCUT2D eigenvalue weighted by atomic mass is 10.1. The van der Waals surface area contributed by atoms with E-state index >= 15 is 0 Å². The van der Waals surface area contributed by atoms with E-state index in [1.165, 1.54) is 11.9 Å². The zero-order valence-electron chi connectivity index (χ0n) is 13.2. The van der Waals surface area contributed by atoms with Gasteiger partial charge in [0, 0.05) is 19.7 Å². The number of thioether (sulfide) groups is 1. The zero-order chi connectivity index (χ0) is 19.4. The van der Waals surface area contributed by atoms with E-state index in [0.717, 1.165) is 0 Å². The molecule has 12 heteroatoms. The van der Waals surface area contributed by atoms with Crippen molar-refractivity contribution in [1.29, 1.82) is 5.26 Å². The Morgan fingerprint density at radius 2 is 1.92 bits per heavy atom. The van der Waals surface area contributed by atoms with Crippen molar-refractivity contribution in [2.45, 2.75) is 24.4 Å². The monoisotopic (exact) mass is 378 g/mol. The van der Waals surface area contributed by atoms with Crippen LogP contribution in [0.25, 0.3) is 0 Å². The minimum Gasteiger partial charge on any atom is -0.363 e. The molecule has 0 aliphatic carbocycles. The maximum Gasteiger partial charge on any atom is 0.417 e. The molecule has 0 aliphatic rings. The van der Waals surface area contributed by atoms with Gasteiger partial charge in [-0.25, -0.2) is 0 Å². The summed E-state index contributed by atoms with van der Waals surface area (Å²) in [4.78, 5) is 20.9. The van der Waals surface area contributed by atoms with Gasteiger partial charge in [-0.15, -0.1) is 11.8 Å². The number of nitriles is 1. The van der Waals surface area contributed by atoms with Crippen molar-refractivity contribution in [3.05, 3.63) is 31.9 Å². The van der Waals surface area contributed by atoms with E-state index in [0.29, 0.717) is 18.2 Å². The van der Waals surface area contributed by atoms with Crippen molar-refractivity contribution < 1.29 is 23.0 Å². The number of hydrogen-bond donors (Lipinski definition) is 0. The Balaban J connectivity index is 3.95. The first-order valence-electron chi connectivity index (χ1n) is 6.84. The molecule has 0 unspecified atom stereocenters. The lowest BCUT2D eigenvalue weighted by molar-refractivity contribution is -0.394. The van der Waals surface area contributed by atoms with Crippen LogP contribution in [0.3, 0.4) is 0 Å². The molecule has 1 rings (SSSR count). The van der Waals surface area contributed by atoms with E-state index in [1.807, 2.05) is 0 Å². The Labute approximate surface area is 144 Å². The third-order valence-corrected chi connectivity index (χ3v) is 4.09. The molecule has 0 bridgehead atoms. The fourth-order valence-electron chi connectivity index (χ4n) is 2.22. The summed E-state index contributed by atoms with van der Waals surface area (Å²) in [5, 5.41) is 31.3. The van der Waals surface area contributed by atoms with E-state index in [4.69, 9.17) is 5.26 Å². The second-order valence-corrected chi connectivity index (χ2v) is 5.84. The van der Waals surface area contributed by atoms with Gasteiger partial charge in [-0.3, -0.25) is 20.2 Å². The predicted molar refractivity (Wildman–Crippen MR) is 84.7 cm³/mol. The highest BCUT2D eigenvalue weighted by Gasteiger charge is 2.43. The van der Waals surface area contributed by atoms with Gasteiger partial charge in [-0.1, -0.05) is 6.92 Å². The summed E-state index contributed by atoms with van der Waals surface area (Å²) < 4.78 is 39.9. The van der Waals surface area contributed by atoms with Crippen molar-refractivity contribution in [2.24, 2.45) is 0 Å². The highest BCUT2D eigenvalue weighted by Crippen LogP contribution is 2.50. The minimum atomic E-state index is -5.05. The lowest BCUT2D eigenvalue weighted by Gasteiger charge is -2.21. The van der Waals surface area contributed by atoms with Crippen molar-refractivity contribution in [3.8, 4) is 6.07 Å². The molecule has 25 heavy (non-hydrogen) atoms. The molecule has 1 aromatic carbocycles. The van der Waals surface area contributed by atoms with Gasteiger partial charge in [0.05, 0.1) is 27.2 Å². The maximum absolute atomic E-state index is 13.3. The fraction of sp³-hybridized carbons (Fsp3) is 0.462. The first kappa shape index (κ1) is 20.5. The maximum atomic E-state index is 13.3. The van der Waals surface area contributed by atoms with Crippen LogP contribution in [0, 0.1) is 31.6 Å². The van der Waals surface area contributed by atoms with Gasteiger partial charge < -0.3 is 4.90 Å². The van der Waals surface area contributed by atoms with Crippen molar-refractivity contribution in [1.82, 2.24) is 0 Å². The van der Waals surface area contributed by atoms with Gasteiger partial charge >= 0.3 is 11.9 Å². The lowest BCUT2D eigenvalue weighted by Crippen LogP contribution is -2.22. The highest BCUT2D eigenvalue weighted by molar-refractivity contribution is 7.99. The van der Waals surface area contributed by atoms with E-state index in [-0.39, 0.29) is 12.6 Å². The average Bonchev–Trinajstić information content (AvgIpc) is 2.50. The number of anilines is 1. The van der Waals surface area contributed by atoms with Gasteiger partial charge in [0.1, 0.15) is 4.90 Å². The Bertz CT molecular complexity index is 733. The molecule has 0 amide bonds. The molecule has 0 N–H and O–H groups in total. The molecule has 0 spiro atoms. The Morgan fingerprint density at radius 1 is 1.32 bits per heavy atom. The van der Waals surface area contributed by atoms with Crippen LogP contribution < -0.4 is 4.90 Å². The summed E-state index contributed by atoms with van der Waals surface area (Å²) in [5.74, 6) is -0.474. The first-order valence-corrected chi connectivity index (χ1v) is 7.82. The summed E-state index contributed by atoms with van der Waals surface area (Å²) >= 11 is 0.327. The summed E-state index contributed by atoms with van der Waals surface area (Å²) in [6.45, 7) is 1.87. The average molecular weight is 378 g/mol. The summed E-state index contributed by atoms with van der Waals surface area (Å²) in [5.41, 5.74) is -4.03. The first-order chi connectivity index (χ1) is 11.6. The van der Waals surface area contributed by atoms with E-state index in [9.17, 15) is 33.4 Å². The summed E-state index contributed by atoms with van der Waals surface area (Å²) in [7, 11) is 1.32. The number of nitrogens with zero attached hydrogens (tertiary/aromatic N) is 4. The number of rotatable bonds is 7. The Morgan fingerprint density at radius 3 is 2.32 bits per heavy atom. The molecule has 0 aliphatic heterocycles. The van der Waals surface area contributed by atoms with Crippen LogP contribution in [0.4, 0.5) is 30.2 Å². The summed E-state index contributed by atoms with van der Waals surface area (Å²) in [6, 6.07) is 1.88. The molecular formula is C13H13F3N4O4S. The number of nitro benzene ring substituents is 2. The van der Waals surface area contributed by atoms with Crippen LogP contribution in [0.2, 0.25) is 0 Å². The normalized spacial score (nSPS) is 11.0. The molecule has 0 heterocycles. The molecule has 0 radical (unpaired) electrons. The SMILES string of the molecule is CCCN(C)c1c([N+](=O)[O-])cc(C(F)(F)F)c(SCC#N)c1[N+](=O)[O-]. The van der Waals surface area contributed by atoms with Crippen molar-refractivity contribution >= 4 is 28.8 Å². The van der Waals surface area contributed by atoms with Gasteiger partial charge in [0.2, 0.25) is 0 Å². The van der Waals surface area contributed by atoms with Gasteiger partial charge in [-0.05, 0) is 6.42 Å². The molecule has 8 nitrogen and oxygen atoms in total. The minimum absolute atomic E-state index is 0.162. The molecule has 0 fully saturated rings. The standard InChI is InChI=1S/C13H13F3N4O4S/c1-3-5-18(2)10-9(19(21)22)7-8(13(14,15)16)12(25-6-4-17)11(10)20(23)24/h7H,3,5-6H2,1-2H3.